The van der Waals surface area contributed by atoms with Gasteiger partial charge in [0, 0.05) is 10.9 Å². The largest absolute Gasteiger partial charge is 0.467 e. The molecule has 3 aromatic rings. The Bertz CT molecular complexity index is 988. The number of carbonyl (C=O) groups excluding carboxylic acids is 3. The van der Waals surface area contributed by atoms with Crippen molar-refractivity contribution in [2.45, 2.75) is 26.8 Å². The molecule has 0 aliphatic heterocycles. The molecule has 2 heterocycles. The summed E-state index contributed by atoms with van der Waals surface area (Å²) in [4.78, 5) is 35.5. The summed E-state index contributed by atoms with van der Waals surface area (Å²) in [5.41, 5.74) is 7.85. The van der Waals surface area contributed by atoms with Crippen molar-refractivity contribution in [1.82, 2.24) is 16.2 Å². The van der Waals surface area contributed by atoms with Crippen LogP contribution >= 0.6 is 0 Å². The molecule has 2 aromatic heterocycles. The number of benzene rings is 1. The van der Waals surface area contributed by atoms with Gasteiger partial charge in [0.15, 0.2) is 0 Å². The van der Waals surface area contributed by atoms with Crippen LogP contribution in [0.25, 0.3) is 11.0 Å². The average Bonchev–Trinajstić information content (AvgIpc) is 3.31. The Hall–Kier alpha value is -3.55. The fraction of sp³-hybridized carbons (Fsp3) is 0.211. The van der Waals surface area contributed by atoms with E-state index in [0.29, 0.717) is 11.3 Å². The quantitative estimate of drug-likeness (QED) is 0.478. The van der Waals surface area contributed by atoms with Crippen molar-refractivity contribution in [1.29, 1.82) is 0 Å². The van der Waals surface area contributed by atoms with Gasteiger partial charge in [-0.15, -0.1) is 0 Å². The summed E-state index contributed by atoms with van der Waals surface area (Å²) in [7, 11) is 0. The molecule has 0 atom stereocenters. The molecule has 0 radical (unpaired) electrons. The van der Waals surface area contributed by atoms with E-state index in [2.05, 4.69) is 16.2 Å². The van der Waals surface area contributed by atoms with Crippen LogP contribution < -0.4 is 16.2 Å². The number of nitrogens with one attached hydrogen (secondary N) is 3. The van der Waals surface area contributed by atoms with Gasteiger partial charge in [-0.2, -0.15) is 0 Å². The predicted octanol–water partition coefficient (Wildman–Crippen LogP) is 1.65. The van der Waals surface area contributed by atoms with Gasteiger partial charge in [0.2, 0.25) is 5.91 Å². The molecule has 8 nitrogen and oxygen atoms in total. The molecule has 0 aliphatic rings. The van der Waals surface area contributed by atoms with Gasteiger partial charge in [0.25, 0.3) is 0 Å². The molecule has 0 spiro atoms. The van der Waals surface area contributed by atoms with Gasteiger partial charge in [0.1, 0.15) is 11.3 Å². The molecule has 3 amide bonds. The second-order valence-electron chi connectivity index (χ2n) is 6.09. The first-order valence-corrected chi connectivity index (χ1v) is 8.31. The second kappa shape index (κ2) is 7.77. The summed E-state index contributed by atoms with van der Waals surface area (Å²) in [6, 6.07) is 7.19. The summed E-state index contributed by atoms with van der Waals surface area (Å²) in [6.07, 6.45) is 2.99. The summed E-state index contributed by atoms with van der Waals surface area (Å²) in [6.45, 7) is 4.01. The number of furan rings is 2. The van der Waals surface area contributed by atoms with Crippen LogP contribution in [0.15, 0.2) is 45.6 Å². The molecule has 3 rings (SSSR count). The average molecular weight is 369 g/mol. The maximum Gasteiger partial charge on any atom is 0.327 e. The molecule has 8 heteroatoms. The number of amides is 3. The zero-order valence-corrected chi connectivity index (χ0v) is 14.9. The van der Waals surface area contributed by atoms with E-state index in [4.69, 9.17) is 8.83 Å². The zero-order valence-electron chi connectivity index (χ0n) is 14.9. The number of hydrazine groups is 1. The van der Waals surface area contributed by atoms with Gasteiger partial charge in [-0.3, -0.25) is 25.2 Å². The van der Waals surface area contributed by atoms with Crippen molar-refractivity contribution in [2.75, 3.05) is 0 Å². The Morgan fingerprint density at radius 1 is 1.00 bits per heavy atom. The van der Waals surface area contributed by atoms with Crippen molar-refractivity contribution in [3.63, 3.8) is 0 Å². The Morgan fingerprint density at radius 2 is 1.81 bits per heavy atom. The Balaban J connectivity index is 1.51. The molecular formula is C19H19N3O5. The first-order chi connectivity index (χ1) is 13.0. The van der Waals surface area contributed by atoms with E-state index >= 15 is 0 Å². The number of hydrogen-bond acceptors (Lipinski definition) is 5. The highest BCUT2D eigenvalue weighted by atomic mass is 16.3. The maximum absolute atomic E-state index is 12.1. The number of hydrogen-bond donors (Lipinski definition) is 3. The minimum Gasteiger partial charge on any atom is -0.467 e. The minimum atomic E-state index is -0.974. The first kappa shape index (κ1) is 18.2. The van der Waals surface area contributed by atoms with E-state index in [1.165, 1.54) is 12.5 Å². The topological polar surface area (TPSA) is 114 Å². The lowest BCUT2D eigenvalue weighted by Gasteiger charge is -2.07. The minimum absolute atomic E-state index is 0.00377. The third-order valence-electron chi connectivity index (χ3n) is 4.22. The summed E-state index contributed by atoms with van der Waals surface area (Å²) >= 11 is 0. The standard InChI is InChI=1S/C19H19N3O5/c1-11-5-6-15-13(10-27-17(15)12(11)2)8-16(23)21-22-19(25)18(24)20-9-14-4-3-7-26-14/h3-7,10H,8-9H2,1-2H3,(H,20,24)(H,21,23)(H,22,25). The lowest BCUT2D eigenvalue weighted by atomic mass is 10.0. The summed E-state index contributed by atoms with van der Waals surface area (Å²) < 4.78 is 10.6. The molecule has 3 N–H and O–H groups in total. The van der Waals surface area contributed by atoms with Crippen molar-refractivity contribution in [3.8, 4) is 0 Å². The highest BCUT2D eigenvalue weighted by Gasteiger charge is 2.16. The third-order valence-corrected chi connectivity index (χ3v) is 4.22. The summed E-state index contributed by atoms with van der Waals surface area (Å²) in [5, 5.41) is 3.22. The van der Waals surface area contributed by atoms with E-state index in [9.17, 15) is 14.4 Å². The van der Waals surface area contributed by atoms with Crippen LogP contribution in [0.4, 0.5) is 0 Å². The predicted molar refractivity (Wildman–Crippen MR) is 96.2 cm³/mol. The SMILES string of the molecule is Cc1ccc2c(CC(=O)NNC(=O)C(=O)NCc3ccco3)coc2c1C. The first-order valence-electron chi connectivity index (χ1n) is 8.31. The van der Waals surface area contributed by atoms with Crippen molar-refractivity contribution in [3.05, 3.63) is 59.2 Å². The zero-order chi connectivity index (χ0) is 19.4. The van der Waals surface area contributed by atoms with E-state index in [1.54, 1.807) is 12.1 Å². The lowest BCUT2D eigenvalue weighted by Crippen LogP contribution is -2.48. The summed E-state index contributed by atoms with van der Waals surface area (Å²) in [5.74, 6) is -1.81. The van der Waals surface area contributed by atoms with E-state index in [0.717, 1.165) is 22.1 Å². The van der Waals surface area contributed by atoms with Crippen LogP contribution in [0.3, 0.4) is 0 Å². The van der Waals surface area contributed by atoms with Crippen LogP contribution in [0.5, 0.6) is 0 Å². The van der Waals surface area contributed by atoms with E-state index in [-0.39, 0.29) is 13.0 Å². The van der Waals surface area contributed by atoms with Gasteiger partial charge in [-0.1, -0.05) is 12.1 Å². The fourth-order valence-electron chi connectivity index (χ4n) is 2.59. The van der Waals surface area contributed by atoms with Crippen molar-refractivity contribution >= 4 is 28.7 Å². The highest BCUT2D eigenvalue weighted by Crippen LogP contribution is 2.26. The third kappa shape index (κ3) is 4.17. The van der Waals surface area contributed by atoms with Crippen molar-refractivity contribution in [2.24, 2.45) is 0 Å². The number of carbonyl (C=O) groups is 3. The Kier molecular flexibility index (Phi) is 5.25. The smallest absolute Gasteiger partial charge is 0.327 e. The molecule has 0 saturated heterocycles. The van der Waals surface area contributed by atoms with Crippen molar-refractivity contribution < 1.29 is 23.2 Å². The number of rotatable bonds is 4. The molecule has 140 valence electrons. The lowest BCUT2D eigenvalue weighted by molar-refractivity contribution is -0.141. The fourth-order valence-corrected chi connectivity index (χ4v) is 2.59. The Morgan fingerprint density at radius 3 is 2.56 bits per heavy atom. The van der Waals surface area contributed by atoms with E-state index in [1.807, 2.05) is 26.0 Å². The Labute approximate surface area is 154 Å². The number of aryl methyl sites for hydroxylation is 2. The van der Waals surface area contributed by atoms with Gasteiger partial charge in [-0.25, -0.2) is 0 Å². The van der Waals surface area contributed by atoms with Crippen LogP contribution in [-0.2, 0) is 27.3 Å². The molecule has 1 aromatic carbocycles. The number of fused-ring (bicyclic) bond motifs is 1. The van der Waals surface area contributed by atoms with Crippen LogP contribution in [-0.4, -0.2) is 17.7 Å². The monoisotopic (exact) mass is 369 g/mol. The van der Waals surface area contributed by atoms with Crippen LogP contribution in [0.2, 0.25) is 0 Å². The second-order valence-corrected chi connectivity index (χ2v) is 6.09. The van der Waals surface area contributed by atoms with Gasteiger partial charge in [0.05, 0.1) is 25.5 Å². The molecule has 0 bridgehead atoms. The molecule has 0 saturated carbocycles. The molecule has 27 heavy (non-hydrogen) atoms. The van der Waals surface area contributed by atoms with E-state index < -0.39 is 17.7 Å². The van der Waals surface area contributed by atoms with Gasteiger partial charge >= 0.3 is 11.8 Å². The molecule has 0 unspecified atom stereocenters. The van der Waals surface area contributed by atoms with Crippen LogP contribution in [0, 0.1) is 13.8 Å². The van der Waals surface area contributed by atoms with Gasteiger partial charge < -0.3 is 14.2 Å². The molecule has 0 fully saturated rings. The highest BCUT2D eigenvalue weighted by molar-refractivity contribution is 6.35. The van der Waals surface area contributed by atoms with Crippen LogP contribution in [0.1, 0.15) is 22.5 Å². The molecular weight excluding hydrogens is 350 g/mol. The van der Waals surface area contributed by atoms with Gasteiger partial charge in [-0.05, 0) is 37.1 Å². The maximum atomic E-state index is 12.1. The normalized spacial score (nSPS) is 10.6. The molecule has 0 aliphatic carbocycles.